The van der Waals surface area contributed by atoms with Crippen molar-refractivity contribution in [3.8, 4) is 21.9 Å². The van der Waals surface area contributed by atoms with Crippen LogP contribution < -0.4 is 10.2 Å². The quantitative estimate of drug-likeness (QED) is 0.302. The number of hydrogen-bond donors (Lipinski definition) is 3. The van der Waals surface area contributed by atoms with Gasteiger partial charge in [-0.25, -0.2) is 14.8 Å². The number of phenols is 1. The number of phenolic OH excluding ortho intramolecular Hbond substituents is 1. The number of carboxylic acid groups (broad SMARTS) is 1. The zero-order valence-corrected chi connectivity index (χ0v) is 17.5. The lowest BCUT2D eigenvalue weighted by atomic mass is 10.1. The maximum absolute atomic E-state index is 11.1. The molecule has 4 aromatic rings. The number of thiophene rings is 1. The molecule has 0 saturated heterocycles. The van der Waals surface area contributed by atoms with Gasteiger partial charge in [-0.3, -0.25) is 5.43 Å². The number of aromatic hydroxyl groups is 1. The van der Waals surface area contributed by atoms with Crippen molar-refractivity contribution in [1.82, 2.24) is 9.97 Å². The summed E-state index contributed by atoms with van der Waals surface area (Å²) in [5.74, 6) is 0.0180. The molecule has 0 aliphatic heterocycles. The summed E-state index contributed by atoms with van der Waals surface area (Å²) >= 11 is 1.51. The third-order valence-electron chi connectivity index (χ3n) is 4.68. The second-order valence-corrected chi connectivity index (χ2v) is 7.66. The molecule has 2 aromatic heterocycles. The SMILES string of the molecule is COc1ccc(C=NNc2ncnc3c(C)c(-c4ccc(C(=O)O)cc4)sc23)cc1O. The van der Waals surface area contributed by atoms with E-state index in [1.807, 2.05) is 6.92 Å². The monoisotopic (exact) mass is 434 g/mol. The van der Waals surface area contributed by atoms with E-state index in [1.165, 1.54) is 24.8 Å². The first kappa shape index (κ1) is 20.3. The minimum atomic E-state index is -0.958. The fourth-order valence-corrected chi connectivity index (χ4v) is 4.30. The molecular weight excluding hydrogens is 416 g/mol. The molecule has 8 nitrogen and oxygen atoms in total. The van der Waals surface area contributed by atoms with Crippen molar-refractivity contribution < 1.29 is 19.7 Å². The first-order chi connectivity index (χ1) is 15.0. The number of aromatic nitrogens is 2. The van der Waals surface area contributed by atoms with Crippen LogP contribution in [0, 0.1) is 6.92 Å². The minimum absolute atomic E-state index is 0.0308. The van der Waals surface area contributed by atoms with Crippen LogP contribution >= 0.6 is 11.3 Å². The number of benzene rings is 2. The van der Waals surface area contributed by atoms with Crippen molar-refractivity contribution in [2.75, 3.05) is 12.5 Å². The normalized spacial score (nSPS) is 11.2. The maximum atomic E-state index is 11.1. The van der Waals surface area contributed by atoms with E-state index >= 15 is 0 Å². The molecule has 9 heteroatoms. The van der Waals surface area contributed by atoms with Gasteiger partial charge < -0.3 is 14.9 Å². The van der Waals surface area contributed by atoms with Gasteiger partial charge in [0.15, 0.2) is 17.3 Å². The van der Waals surface area contributed by atoms with E-state index in [4.69, 9.17) is 9.84 Å². The fourth-order valence-electron chi connectivity index (χ4n) is 3.10. The summed E-state index contributed by atoms with van der Waals surface area (Å²) in [6, 6.07) is 11.7. The molecule has 31 heavy (non-hydrogen) atoms. The Labute approximate surface area is 181 Å². The number of aryl methyl sites for hydroxylation is 1. The highest BCUT2D eigenvalue weighted by atomic mass is 32.1. The zero-order chi connectivity index (χ0) is 22.0. The van der Waals surface area contributed by atoms with Crippen molar-refractivity contribution in [2.45, 2.75) is 6.92 Å². The van der Waals surface area contributed by atoms with Crippen molar-refractivity contribution in [3.05, 3.63) is 65.5 Å². The predicted molar refractivity (Wildman–Crippen MR) is 120 cm³/mol. The summed E-state index contributed by atoms with van der Waals surface area (Å²) in [7, 11) is 1.49. The lowest BCUT2D eigenvalue weighted by molar-refractivity contribution is 0.0697. The van der Waals surface area contributed by atoms with Crippen LogP contribution in [-0.2, 0) is 0 Å². The number of carboxylic acids is 1. The van der Waals surface area contributed by atoms with Gasteiger partial charge in [-0.2, -0.15) is 5.10 Å². The molecule has 2 heterocycles. The number of rotatable bonds is 6. The van der Waals surface area contributed by atoms with Gasteiger partial charge in [-0.05, 0) is 53.9 Å². The van der Waals surface area contributed by atoms with Crippen LogP contribution in [-0.4, -0.2) is 39.5 Å². The molecule has 0 aliphatic carbocycles. The van der Waals surface area contributed by atoms with Gasteiger partial charge in [-0.1, -0.05) is 12.1 Å². The summed E-state index contributed by atoms with van der Waals surface area (Å²) in [6.45, 7) is 1.97. The van der Waals surface area contributed by atoms with Crippen molar-refractivity contribution in [3.63, 3.8) is 0 Å². The number of anilines is 1. The average molecular weight is 434 g/mol. The number of nitrogens with one attached hydrogen (secondary N) is 1. The summed E-state index contributed by atoms with van der Waals surface area (Å²) in [5.41, 5.74) is 6.57. The minimum Gasteiger partial charge on any atom is -0.504 e. The highest BCUT2D eigenvalue weighted by Crippen LogP contribution is 2.39. The van der Waals surface area contributed by atoms with E-state index in [-0.39, 0.29) is 11.3 Å². The molecule has 3 N–H and O–H groups in total. The Hall–Kier alpha value is -3.98. The molecule has 4 rings (SSSR count). The summed E-state index contributed by atoms with van der Waals surface area (Å²) in [6.07, 6.45) is 3.04. The largest absolute Gasteiger partial charge is 0.504 e. The van der Waals surface area contributed by atoms with Gasteiger partial charge in [0.05, 0.1) is 29.1 Å². The number of aromatic carboxylic acids is 1. The molecule has 0 radical (unpaired) electrons. The van der Waals surface area contributed by atoms with Crippen LogP contribution in [0.25, 0.3) is 20.7 Å². The number of hydrazone groups is 1. The molecule has 0 saturated carbocycles. The topological polar surface area (TPSA) is 117 Å². The van der Waals surface area contributed by atoms with E-state index in [9.17, 15) is 9.90 Å². The summed E-state index contributed by atoms with van der Waals surface area (Å²) in [4.78, 5) is 20.8. The Morgan fingerprint density at radius 3 is 2.65 bits per heavy atom. The van der Waals surface area contributed by atoms with Crippen LogP contribution in [0.1, 0.15) is 21.5 Å². The van der Waals surface area contributed by atoms with Crippen LogP contribution in [0.5, 0.6) is 11.5 Å². The Balaban J connectivity index is 1.63. The molecule has 156 valence electrons. The summed E-state index contributed by atoms with van der Waals surface area (Å²) < 4.78 is 5.88. The van der Waals surface area contributed by atoms with E-state index in [2.05, 4.69) is 20.5 Å². The summed E-state index contributed by atoms with van der Waals surface area (Å²) in [5, 5.41) is 23.2. The van der Waals surface area contributed by atoms with Gasteiger partial charge in [0.25, 0.3) is 0 Å². The molecule has 0 bridgehead atoms. The Morgan fingerprint density at radius 1 is 1.19 bits per heavy atom. The number of nitrogens with zero attached hydrogens (tertiary/aromatic N) is 3. The van der Waals surface area contributed by atoms with Gasteiger partial charge in [0.1, 0.15) is 6.33 Å². The van der Waals surface area contributed by atoms with Crippen LogP contribution in [0.15, 0.2) is 53.9 Å². The Morgan fingerprint density at radius 2 is 1.97 bits per heavy atom. The predicted octanol–water partition coefficient (Wildman–Crippen LogP) is 4.53. The van der Waals surface area contributed by atoms with Crippen LogP contribution in [0.3, 0.4) is 0 Å². The molecule has 0 spiro atoms. The molecule has 0 fully saturated rings. The number of methoxy groups -OCH3 is 1. The Bertz CT molecular complexity index is 1300. The average Bonchev–Trinajstić information content (AvgIpc) is 3.11. The molecular formula is C22H18N4O4S. The number of hydrogen-bond acceptors (Lipinski definition) is 8. The van der Waals surface area contributed by atoms with Gasteiger partial charge in [0, 0.05) is 4.88 Å². The molecule has 2 aromatic carbocycles. The Kier molecular flexibility index (Phi) is 5.50. The van der Waals surface area contributed by atoms with Crippen molar-refractivity contribution in [2.24, 2.45) is 5.10 Å². The first-order valence-electron chi connectivity index (χ1n) is 9.22. The van der Waals surface area contributed by atoms with Gasteiger partial charge >= 0.3 is 5.97 Å². The lowest BCUT2D eigenvalue weighted by Gasteiger charge is -2.03. The van der Waals surface area contributed by atoms with Crippen molar-refractivity contribution >= 4 is 39.6 Å². The smallest absolute Gasteiger partial charge is 0.335 e. The molecule has 0 unspecified atom stereocenters. The van der Waals surface area contributed by atoms with E-state index in [0.717, 1.165) is 26.2 Å². The molecule has 0 amide bonds. The third kappa shape index (κ3) is 4.03. The number of fused-ring (bicyclic) bond motifs is 1. The van der Waals surface area contributed by atoms with Crippen molar-refractivity contribution in [1.29, 1.82) is 0 Å². The standard InChI is InChI=1S/C22H18N4O4S/c1-12-18-20(31-19(12)14-4-6-15(7-5-14)22(28)29)21(24-11-23-18)26-25-10-13-3-8-17(30-2)16(27)9-13/h3-11,27H,1-2H3,(H,28,29)(H,23,24,26). The highest BCUT2D eigenvalue weighted by molar-refractivity contribution is 7.23. The number of ether oxygens (including phenoxy) is 1. The van der Waals surface area contributed by atoms with E-state index in [1.54, 1.807) is 48.7 Å². The maximum Gasteiger partial charge on any atom is 0.335 e. The van der Waals surface area contributed by atoms with E-state index in [0.29, 0.717) is 17.1 Å². The third-order valence-corrected chi connectivity index (χ3v) is 6.02. The van der Waals surface area contributed by atoms with Gasteiger partial charge in [0.2, 0.25) is 0 Å². The van der Waals surface area contributed by atoms with Crippen LogP contribution in [0.4, 0.5) is 5.82 Å². The molecule has 0 aliphatic rings. The highest BCUT2D eigenvalue weighted by Gasteiger charge is 2.15. The van der Waals surface area contributed by atoms with Gasteiger partial charge in [-0.15, -0.1) is 11.3 Å². The van der Waals surface area contributed by atoms with E-state index < -0.39 is 5.97 Å². The second kappa shape index (κ2) is 8.41. The zero-order valence-electron chi connectivity index (χ0n) is 16.7. The second-order valence-electron chi connectivity index (χ2n) is 6.64. The number of carbonyl (C=O) groups is 1. The lowest BCUT2D eigenvalue weighted by Crippen LogP contribution is -1.95. The first-order valence-corrected chi connectivity index (χ1v) is 10.0. The fraction of sp³-hybridized carbons (Fsp3) is 0.0909. The van der Waals surface area contributed by atoms with Crippen LogP contribution in [0.2, 0.25) is 0 Å². The molecule has 0 atom stereocenters.